The summed E-state index contributed by atoms with van der Waals surface area (Å²) < 4.78 is 0. The van der Waals surface area contributed by atoms with Crippen molar-refractivity contribution >= 4 is 11.8 Å². The Morgan fingerprint density at radius 1 is 1.07 bits per heavy atom. The van der Waals surface area contributed by atoms with E-state index in [2.05, 4.69) is 50.4 Å². The molecule has 0 bridgehead atoms. The Morgan fingerprint density at radius 2 is 1.80 bits per heavy atom. The third-order valence-corrected chi connectivity index (χ3v) is 7.10. The molecule has 4 heteroatoms. The van der Waals surface area contributed by atoms with E-state index in [1.165, 1.54) is 17.5 Å². The molecule has 2 aromatic rings. The third-order valence-electron chi connectivity index (χ3n) is 7.10. The highest BCUT2D eigenvalue weighted by molar-refractivity contribution is 6.04. The van der Waals surface area contributed by atoms with Gasteiger partial charge in [-0.15, -0.1) is 0 Å². The van der Waals surface area contributed by atoms with Gasteiger partial charge in [-0.1, -0.05) is 74.7 Å². The Morgan fingerprint density at radius 3 is 2.57 bits per heavy atom. The van der Waals surface area contributed by atoms with Crippen molar-refractivity contribution in [1.29, 1.82) is 0 Å². The number of hydrogen-bond donors (Lipinski definition) is 1. The summed E-state index contributed by atoms with van der Waals surface area (Å²) in [5.41, 5.74) is 3.89. The highest BCUT2D eigenvalue weighted by Crippen LogP contribution is 2.35. The topological polar surface area (TPSA) is 49.4 Å². The van der Waals surface area contributed by atoms with Gasteiger partial charge in [0, 0.05) is 18.2 Å². The maximum atomic E-state index is 13.4. The second-order valence-electron chi connectivity index (χ2n) is 9.11. The van der Waals surface area contributed by atoms with Crippen LogP contribution >= 0.6 is 0 Å². The van der Waals surface area contributed by atoms with Crippen LogP contribution in [0.25, 0.3) is 0 Å². The SMILES string of the molecule is Cc1ccc(CCN2C(=O)c3ccccc3[C@@H]2C(=O)N[C@@H]2CCC[C@@H](C)[C@@H]2C)cc1. The van der Waals surface area contributed by atoms with Gasteiger partial charge < -0.3 is 10.2 Å². The number of hydrogen-bond acceptors (Lipinski definition) is 2. The maximum Gasteiger partial charge on any atom is 0.255 e. The number of fused-ring (bicyclic) bond motifs is 1. The minimum atomic E-state index is -0.538. The van der Waals surface area contributed by atoms with Crippen LogP contribution in [0.5, 0.6) is 0 Å². The van der Waals surface area contributed by atoms with Gasteiger partial charge in [-0.2, -0.15) is 0 Å². The molecule has 2 aromatic carbocycles. The number of nitrogens with zero attached hydrogens (tertiary/aromatic N) is 1. The van der Waals surface area contributed by atoms with Crippen molar-refractivity contribution in [2.45, 2.75) is 58.5 Å². The Labute approximate surface area is 179 Å². The highest BCUT2D eigenvalue weighted by atomic mass is 16.2. The number of carbonyl (C=O) groups excluding carboxylic acids is 2. The van der Waals surface area contributed by atoms with Gasteiger partial charge in [-0.25, -0.2) is 0 Å². The quantitative estimate of drug-likeness (QED) is 0.787. The Bertz CT molecular complexity index is 921. The van der Waals surface area contributed by atoms with Crippen molar-refractivity contribution in [1.82, 2.24) is 10.2 Å². The van der Waals surface area contributed by atoms with E-state index in [-0.39, 0.29) is 17.9 Å². The Kier molecular flexibility index (Phi) is 5.94. The Balaban J connectivity index is 1.54. The Hall–Kier alpha value is -2.62. The number of aryl methyl sites for hydroxylation is 1. The van der Waals surface area contributed by atoms with Crippen LogP contribution in [-0.2, 0) is 11.2 Å². The fraction of sp³-hybridized carbons (Fsp3) is 0.462. The zero-order chi connectivity index (χ0) is 21.3. The fourth-order valence-electron chi connectivity index (χ4n) is 4.94. The number of nitrogens with one attached hydrogen (secondary N) is 1. The average molecular weight is 405 g/mol. The van der Waals surface area contributed by atoms with Crippen molar-refractivity contribution in [3.05, 3.63) is 70.8 Å². The summed E-state index contributed by atoms with van der Waals surface area (Å²) in [5.74, 6) is 0.987. The molecule has 0 aromatic heterocycles. The van der Waals surface area contributed by atoms with Gasteiger partial charge >= 0.3 is 0 Å². The molecule has 1 aliphatic heterocycles. The van der Waals surface area contributed by atoms with Crippen LogP contribution in [-0.4, -0.2) is 29.3 Å². The van der Waals surface area contributed by atoms with Crippen LogP contribution in [0, 0.1) is 18.8 Å². The monoisotopic (exact) mass is 404 g/mol. The molecule has 4 atom stereocenters. The molecule has 1 saturated carbocycles. The molecule has 4 nitrogen and oxygen atoms in total. The molecule has 0 saturated heterocycles. The van der Waals surface area contributed by atoms with E-state index in [9.17, 15) is 9.59 Å². The van der Waals surface area contributed by atoms with Gasteiger partial charge in [0.1, 0.15) is 6.04 Å². The number of amides is 2. The van der Waals surface area contributed by atoms with Crippen LogP contribution in [0.3, 0.4) is 0 Å². The molecule has 0 spiro atoms. The molecular weight excluding hydrogens is 372 g/mol. The van der Waals surface area contributed by atoms with Gasteiger partial charge in [0.15, 0.2) is 0 Å². The largest absolute Gasteiger partial charge is 0.351 e. The van der Waals surface area contributed by atoms with Gasteiger partial charge in [0.05, 0.1) is 0 Å². The van der Waals surface area contributed by atoms with Gasteiger partial charge in [0.25, 0.3) is 5.91 Å². The van der Waals surface area contributed by atoms with E-state index in [1.807, 2.05) is 24.3 Å². The zero-order valence-corrected chi connectivity index (χ0v) is 18.2. The number of benzene rings is 2. The van der Waals surface area contributed by atoms with E-state index in [0.717, 1.165) is 24.8 Å². The minimum absolute atomic E-state index is 0.0387. The molecule has 2 amide bonds. The predicted molar refractivity (Wildman–Crippen MR) is 119 cm³/mol. The lowest BCUT2D eigenvalue weighted by molar-refractivity contribution is -0.127. The van der Waals surface area contributed by atoms with Crippen molar-refractivity contribution in [2.24, 2.45) is 11.8 Å². The van der Waals surface area contributed by atoms with E-state index >= 15 is 0 Å². The smallest absolute Gasteiger partial charge is 0.255 e. The predicted octanol–water partition coefficient (Wildman–Crippen LogP) is 4.68. The van der Waals surface area contributed by atoms with E-state index in [1.54, 1.807) is 4.90 Å². The maximum absolute atomic E-state index is 13.4. The lowest BCUT2D eigenvalue weighted by Gasteiger charge is -2.36. The molecule has 2 aliphatic rings. The van der Waals surface area contributed by atoms with Crippen molar-refractivity contribution in [2.75, 3.05) is 6.54 Å². The third kappa shape index (κ3) is 4.00. The van der Waals surface area contributed by atoms with Crippen molar-refractivity contribution in [3.63, 3.8) is 0 Å². The van der Waals surface area contributed by atoms with Crippen LogP contribution in [0.1, 0.15) is 66.2 Å². The van der Waals surface area contributed by atoms with Crippen LogP contribution in [0.15, 0.2) is 48.5 Å². The second kappa shape index (κ2) is 8.63. The van der Waals surface area contributed by atoms with Gasteiger partial charge in [0.2, 0.25) is 5.91 Å². The lowest BCUT2D eigenvalue weighted by Crippen LogP contribution is -2.48. The molecule has 1 aliphatic carbocycles. The molecule has 1 N–H and O–H groups in total. The summed E-state index contributed by atoms with van der Waals surface area (Å²) in [5, 5.41) is 3.31. The lowest BCUT2D eigenvalue weighted by atomic mass is 9.78. The first-order valence-electron chi connectivity index (χ1n) is 11.2. The fourth-order valence-corrected chi connectivity index (χ4v) is 4.94. The summed E-state index contributed by atoms with van der Waals surface area (Å²) in [7, 11) is 0. The normalized spacial score (nSPS) is 25.8. The molecule has 1 fully saturated rings. The summed E-state index contributed by atoms with van der Waals surface area (Å²) in [6.45, 7) is 7.10. The summed E-state index contributed by atoms with van der Waals surface area (Å²) in [6, 6.07) is 15.6. The summed E-state index contributed by atoms with van der Waals surface area (Å²) in [6.07, 6.45) is 4.12. The number of rotatable bonds is 5. The molecule has 158 valence electrons. The first-order chi connectivity index (χ1) is 14.5. The molecule has 0 radical (unpaired) electrons. The first kappa shape index (κ1) is 20.6. The summed E-state index contributed by atoms with van der Waals surface area (Å²) >= 11 is 0. The van der Waals surface area contributed by atoms with Crippen molar-refractivity contribution < 1.29 is 9.59 Å². The molecule has 30 heavy (non-hydrogen) atoms. The molecular formula is C26H32N2O2. The first-order valence-corrected chi connectivity index (χ1v) is 11.2. The standard InChI is InChI=1S/C26H32N2O2/c1-17-11-13-20(14-12-17)15-16-28-24(21-8-4-5-9-22(21)26(28)30)25(29)27-23-10-6-7-18(2)19(23)3/h4-5,8-9,11-14,18-19,23-24H,6-7,10,15-16H2,1-3H3,(H,27,29)/t18-,19+,23-,24-/m1/s1. The molecule has 4 rings (SSSR count). The second-order valence-corrected chi connectivity index (χ2v) is 9.11. The van der Waals surface area contributed by atoms with Crippen LogP contribution in [0.4, 0.5) is 0 Å². The zero-order valence-electron chi connectivity index (χ0n) is 18.2. The van der Waals surface area contributed by atoms with E-state index < -0.39 is 6.04 Å². The van der Waals surface area contributed by atoms with E-state index in [4.69, 9.17) is 0 Å². The average Bonchev–Trinajstić information content (AvgIpc) is 3.03. The van der Waals surface area contributed by atoms with Crippen LogP contribution < -0.4 is 5.32 Å². The van der Waals surface area contributed by atoms with Gasteiger partial charge in [-0.05, 0) is 48.8 Å². The summed E-state index contributed by atoms with van der Waals surface area (Å²) in [4.78, 5) is 28.3. The molecule has 1 heterocycles. The molecule has 0 unspecified atom stereocenters. The van der Waals surface area contributed by atoms with Crippen molar-refractivity contribution in [3.8, 4) is 0 Å². The van der Waals surface area contributed by atoms with Gasteiger partial charge in [-0.3, -0.25) is 9.59 Å². The highest BCUT2D eigenvalue weighted by Gasteiger charge is 2.41. The number of carbonyl (C=O) groups is 2. The van der Waals surface area contributed by atoms with E-state index in [0.29, 0.717) is 23.9 Å². The van der Waals surface area contributed by atoms with Crippen LogP contribution in [0.2, 0.25) is 0 Å². The minimum Gasteiger partial charge on any atom is -0.351 e.